The number of amides is 1. The maximum absolute atomic E-state index is 13.0. The van der Waals surface area contributed by atoms with Crippen LogP contribution in [-0.2, 0) is 0 Å². The van der Waals surface area contributed by atoms with Crippen molar-refractivity contribution in [1.82, 2.24) is 10.4 Å². The Morgan fingerprint density at radius 2 is 2.12 bits per heavy atom. The van der Waals surface area contributed by atoms with E-state index in [0.29, 0.717) is 5.56 Å². The summed E-state index contributed by atoms with van der Waals surface area (Å²) in [5.41, 5.74) is 5.74. The lowest BCUT2D eigenvalue weighted by molar-refractivity contribution is 0.0674. The molecule has 0 spiro atoms. The van der Waals surface area contributed by atoms with E-state index in [1.807, 2.05) is 66.9 Å². The lowest BCUT2D eigenvalue weighted by Crippen LogP contribution is -2.39. The number of hydrazine groups is 1. The molecule has 0 bridgehead atoms. The number of nitrogens with zero attached hydrogens (tertiary/aromatic N) is 1. The molecule has 3 aromatic rings. The summed E-state index contributed by atoms with van der Waals surface area (Å²) in [6, 6.07) is 15.2. The third-order valence-corrected chi connectivity index (χ3v) is 4.89. The van der Waals surface area contributed by atoms with E-state index >= 15 is 0 Å². The zero-order chi connectivity index (χ0) is 16.5. The van der Waals surface area contributed by atoms with Crippen LogP contribution in [0, 0.1) is 6.92 Å². The summed E-state index contributed by atoms with van der Waals surface area (Å²) in [4.78, 5) is 14.1. The molecule has 0 saturated heterocycles. The van der Waals surface area contributed by atoms with Crippen LogP contribution in [0.15, 0.2) is 70.7 Å². The van der Waals surface area contributed by atoms with Gasteiger partial charge >= 0.3 is 0 Å². The molecule has 0 unspecified atom stereocenters. The summed E-state index contributed by atoms with van der Waals surface area (Å²) in [6.45, 7) is 1.98. The van der Waals surface area contributed by atoms with Crippen molar-refractivity contribution in [2.24, 2.45) is 0 Å². The van der Waals surface area contributed by atoms with Gasteiger partial charge in [-0.3, -0.25) is 10.2 Å². The van der Waals surface area contributed by atoms with E-state index in [2.05, 4.69) is 5.43 Å². The topological polar surface area (TPSA) is 45.5 Å². The quantitative estimate of drug-likeness (QED) is 0.771. The predicted molar refractivity (Wildman–Crippen MR) is 94.2 cm³/mol. The van der Waals surface area contributed by atoms with Crippen LogP contribution in [0.25, 0.3) is 5.70 Å². The number of thiophene rings is 1. The minimum Gasteiger partial charge on any atom is -0.463 e. The number of benzene rings is 1. The fraction of sp³-hybridized carbons (Fsp3) is 0.105. The Bertz CT molecular complexity index is 882. The number of nitrogens with one attached hydrogen (secondary N) is 1. The molecule has 120 valence electrons. The van der Waals surface area contributed by atoms with Gasteiger partial charge in [0.1, 0.15) is 6.04 Å². The van der Waals surface area contributed by atoms with Gasteiger partial charge in [-0.2, -0.15) is 0 Å². The third kappa shape index (κ3) is 2.63. The fourth-order valence-corrected chi connectivity index (χ4v) is 3.59. The summed E-state index contributed by atoms with van der Waals surface area (Å²) in [6.07, 6.45) is 3.65. The fourth-order valence-electron chi connectivity index (χ4n) is 2.80. The Hall–Kier alpha value is -2.79. The third-order valence-electron chi connectivity index (χ3n) is 3.95. The van der Waals surface area contributed by atoms with Crippen molar-refractivity contribution < 1.29 is 9.21 Å². The summed E-state index contributed by atoms with van der Waals surface area (Å²) >= 11 is 1.63. The lowest BCUT2D eigenvalue weighted by Gasteiger charge is -2.24. The van der Waals surface area contributed by atoms with Crippen LogP contribution in [0.2, 0.25) is 0 Å². The molecule has 4 rings (SSSR count). The first kappa shape index (κ1) is 14.8. The summed E-state index contributed by atoms with van der Waals surface area (Å²) in [7, 11) is 0. The van der Waals surface area contributed by atoms with Gasteiger partial charge in [0.2, 0.25) is 0 Å². The predicted octanol–water partition coefficient (Wildman–Crippen LogP) is 4.39. The first-order valence-electron chi connectivity index (χ1n) is 7.68. The molecule has 3 heterocycles. The zero-order valence-electron chi connectivity index (χ0n) is 13.1. The molecule has 1 atom stereocenters. The summed E-state index contributed by atoms with van der Waals surface area (Å²) < 4.78 is 5.47. The molecule has 2 aromatic heterocycles. The molecule has 4 nitrogen and oxygen atoms in total. The van der Waals surface area contributed by atoms with E-state index in [4.69, 9.17) is 4.42 Å². The first-order chi connectivity index (χ1) is 11.7. The number of carbonyl (C=O) groups is 1. The Kier molecular flexibility index (Phi) is 3.70. The Morgan fingerprint density at radius 3 is 2.83 bits per heavy atom. The number of aryl methyl sites for hydroxylation is 1. The smallest absolute Gasteiger partial charge is 0.273 e. The van der Waals surface area contributed by atoms with Crippen LogP contribution >= 0.6 is 11.3 Å². The Balaban J connectivity index is 1.70. The van der Waals surface area contributed by atoms with Gasteiger partial charge in [0.15, 0.2) is 5.76 Å². The van der Waals surface area contributed by atoms with E-state index in [0.717, 1.165) is 21.9 Å². The van der Waals surface area contributed by atoms with Crippen molar-refractivity contribution in [2.75, 3.05) is 0 Å². The van der Waals surface area contributed by atoms with E-state index < -0.39 is 0 Å². The number of hydrogen-bond donors (Lipinski definition) is 1. The van der Waals surface area contributed by atoms with Gasteiger partial charge in [-0.1, -0.05) is 23.8 Å². The monoisotopic (exact) mass is 336 g/mol. The molecule has 0 fully saturated rings. The SMILES string of the molecule is Cc1cccc(C(=O)N2NC(c3ccco3)=C[C@@H]2c2cccs2)c1. The molecule has 1 aliphatic heterocycles. The molecule has 1 aliphatic rings. The second kappa shape index (κ2) is 6.02. The molecule has 0 saturated carbocycles. The molecule has 1 aromatic carbocycles. The number of hydrogen-bond acceptors (Lipinski definition) is 4. The molecular formula is C19H16N2O2S. The van der Waals surface area contributed by atoms with Gasteiger partial charge in [-0.15, -0.1) is 11.3 Å². The second-order valence-electron chi connectivity index (χ2n) is 5.67. The maximum atomic E-state index is 13.0. The van der Waals surface area contributed by atoms with Crippen LogP contribution in [0.4, 0.5) is 0 Å². The van der Waals surface area contributed by atoms with Crippen molar-refractivity contribution in [3.05, 3.63) is 88.0 Å². The van der Waals surface area contributed by atoms with Crippen molar-refractivity contribution in [2.45, 2.75) is 13.0 Å². The van der Waals surface area contributed by atoms with Crippen LogP contribution in [0.3, 0.4) is 0 Å². The zero-order valence-corrected chi connectivity index (χ0v) is 13.9. The molecule has 5 heteroatoms. The van der Waals surface area contributed by atoms with E-state index in [-0.39, 0.29) is 11.9 Å². The maximum Gasteiger partial charge on any atom is 0.273 e. The van der Waals surface area contributed by atoms with Gasteiger partial charge in [0.05, 0.1) is 12.0 Å². The highest BCUT2D eigenvalue weighted by atomic mass is 32.1. The molecule has 1 N–H and O–H groups in total. The van der Waals surface area contributed by atoms with E-state index in [1.165, 1.54) is 0 Å². The second-order valence-corrected chi connectivity index (χ2v) is 6.65. The van der Waals surface area contributed by atoms with Crippen molar-refractivity contribution in [3.63, 3.8) is 0 Å². The highest BCUT2D eigenvalue weighted by Gasteiger charge is 2.32. The standard InChI is InChI=1S/C19H16N2O2S/c1-13-5-2-6-14(11-13)19(22)21-16(18-8-4-10-24-18)12-15(20-21)17-7-3-9-23-17/h2-12,16,20H,1H3/t16-/m1/s1. The Morgan fingerprint density at radius 1 is 1.21 bits per heavy atom. The molecular weight excluding hydrogens is 320 g/mol. The first-order valence-corrected chi connectivity index (χ1v) is 8.56. The molecule has 24 heavy (non-hydrogen) atoms. The molecule has 1 amide bonds. The lowest BCUT2D eigenvalue weighted by atomic mass is 10.1. The van der Waals surface area contributed by atoms with Crippen LogP contribution in [0.1, 0.15) is 32.6 Å². The minimum atomic E-state index is -0.155. The summed E-state index contributed by atoms with van der Waals surface area (Å²) in [5.74, 6) is 0.658. The average Bonchev–Trinajstić information content (AvgIpc) is 3.32. The van der Waals surface area contributed by atoms with Crippen molar-refractivity contribution in [3.8, 4) is 0 Å². The van der Waals surface area contributed by atoms with Gasteiger partial charge in [-0.25, -0.2) is 5.01 Å². The van der Waals surface area contributed by atoms with Gasteiger partial charge in [0.25, 0.3) is 5.91 Å². The van der Waals surface area contributed by atoms with E-state index in [9.17, 15) is 4.79 Å². The molecule has 0 radical (unpaired) electrons. The van der Waals surface area contributed by atoms with Crippen molar-refractivity contribution in [1.29, 1.82) is 0 Å². The molecule has 0 aliphatic carbocycles. The number of rotatable bonds is 3. The van der Waals surface area contributed by atoms with Gasteiger partial charge < -0.3 is 4.42 Å². The average molecular weight is 336 g/mol. The van der Waals surface area contributed by atoms with Crippen molar-refractivity contribution >= 4 is 22.9 Å². The van der Waals surface area contributed by atoms with Gasteiger partial charge in [0, 0.05) is 10.4 Å². The Labute approximate surface area is 144 Å². The summed E-state index contributed by atoms with van der Waals surface area (Å²) in [5, 5.41) is 3.68. The highest BCUT2D eigenvalue weighted by molar-refractivity contribution is 7.10. The largest absolute Gasteiger partial charge is 0.463 e. The van der Waals surface area contributed by atoms with Crippen LogP contribution in [-0.4, -0.2) is 10.9 Å². The number of carbonyl (C=O) groups excluding carboxylic acids is 1. The normalized spacial score (nSPS) is 16.8. The van der Waals surface area contributed by atoms with Crippen LogP contribution < -0.4 is 5.43 Å². The highest BCUT2D eigenvalue weighted by Crippen LogP contribution is 2.34. The number of furan rings is 1. The van der Waals surface area contributed by atoms with Crippen LogP contribution in [0.5, 0.6) is 0 Å². The minimum absolute atomic E-state index is 0.0603. The van der Waals surface area contributed by atoms with Gasteiger partial charge in [-0.05, 0) is 48.7 Å². The van der Waals surface area contributed by atoms with E-state index in [1.54, 1.807) is 22.6 Å².